The molecule has 0 amide bonds. The summed E-state index contributed by atoms with van der Waals surface area (Å²) >= 11 is 18.2. The first-order chi connectivity index (χ1) is 14.0. The fourth-order valence-electron chi connectivity index (χ4n) is 2.45. The summed E-state index contributed by atoms with van der Waals surface area (Å²) in [5, 5.41) is 1.68. The van der Waals surface area contributed by atoms with Crippen LogP contribution in [0.1, 0.15) is 12.5 Å². The van der Waals surface area contributed by atoms with Gasteiger partial charge in [0.05, 0.1) is 24.2 Å². The van der Waals surface area contributed by atoms with E-state index >= 15 is 0 Å². The van der Waals surface area contributed by atoms with Crippen LogP contribution in [0.15, 0.2) is 61.2 Å². The van der Waals surface area contributed by atoms with Gasteiger partial charge < -0.3 is 18.8 Å². The van der Waals surface area contributed by atoms with Crippen LogP contribution in [-0.2, 0) is 9.47 Å². The minimum Gasteiger partial charge on any atom is -0.491 e. The van der Waals surface area contributed by atoms with Crippen molar-refractivity contribution >= 4 is 46.8 Å². The SMILES string of the molecule is CC(OCCOc1ccc(Cl)cc1)OC(=Cn1ccnc1)c1ccc(Cl)cc1Cl. The summed E-state index contributed by atoms with van der Waals surface area (Å²) < 4.78 is 19.1. The standard InChI is InChI=1S/C21H19Cl3N2O3/c1-15(27-10-11-28-18-5-2-16(22)3-6-18)29-21(13-26-9-8-25-14-26)19-7-4-17(23)12-20(19)24/h2-9,12-15H,10-11H2,1H3. The average molecular weight is 454 g/mol. The Labute approximate surface area is 184 Å². The topological polar surface area (TPSA) is 45.5 Å². The molecule has 1 atom stereocenters. The third-order valence-corrected chi connectivity index (χ3v) is 4.60. The predicted molar refractivity (Wildman–Crippen MR) is 116 cm³/mol. The van der Waals surface area contributed by atoms with Crippen LogP contribution in [0.5, 0.6) is 5.75 Å². The average Bonchev–Trinajstić information content (AvgIpc) is 3.19. The van der Waals surface area contributed by atoms with E-state index in [0.717, 1.165) is 5.75 Å². The molecule has 5 nitrogen and oxygen atoms in total. The first-order valence-corrected chi connectivity index (χ1v) is 9.96. The number of imidazole rings is 1. The van der Waals surface area contributed by atoms with E-state index in [9.17, 15) is 0 Å². The zero-order valence-corrected chi connectivity index (χ0v) is 17.9. The Morgan fingerprint density at radius 2 is 1.83 bits per heavy atom. The first-order valence-electron chi connectivity index (χ1n) is 8.82. The van der Waals surface area contributed by atoms with Gasteiger partial charge in [0.15, 0.2) is 6.29 Å². The lowest BCUT2D eigenvalue weighted by atomic mass is 10.2. The van der Waals surface area contributed by atoms with Crippen LogP contribution in [0, 0.1) is 0 Å². The summed E-state index contributed by atoms with van der Waals surface area (Å²) in [6, 6.07) is 12.4. The van der Waals surface area contributed by atoms with Gasteiger partial charge in [-0.2, -0.15) is 0 Å². The minimum absolute atomic E-state index is 0.344. The van der Waals surface area contributed by atoms with Crippen LogP contribution in [0.2, 0.25) is 15.1 Å². The molecule has 0 saturated carbocycles. The van der Waals surface area contributed by atoms with Gasteiger partial charge in [0.2, 0.25) is 0 Å². The number of benzene rings is 2. The molecule has 1 aromatic heterocycles. The molecule has 0 N–H and O–H groups in total. The summed E-state index contributed by atoms with van der Waals surface area (Å²) in [5.41, 5.74) is 0.692. The molecule has 0 spiro atoms. The highest BCUT2D eigenvalue weighted by atomic mass is 35.5. The van der Waals surface area contributed by atoms with E-state index in [1.165, 1.54) is 0 Å². The Kier molecular flexibility index (Phi) is 7.83. The van der Waals surface area contributed by atoms with Crippen molar-refractivity contribution in [2.75, 3.05) is 13.2 Å². The highest BCUT2D eigenvalue weighted by molar-refractivity contribution is 6.35. The van der Waals surface area contributed by atoms with E-state index in [4.69, 9.17) is 49.0 Å². The molecule has 0 bridgehead atoms. The number of aromatic nitrogens is 2. The molecular formula is C21H19Cl3N2O3. The molecule has 0 aliphatic carbocycles. The molecule has 0 saturated heterocycles. The molecule has 29 heavy (non-hydrogen) atoms. The van der Waals surface area contributed by atoms with Gasteiger partial charge >= 0.3 is 0 Å². The Morgan fingerprint density at radius 3 is 2.52 bits per heavy atom. The van der Waals surface area contributed by atoms with Gasteiger partial charge in [-0.15, -0.1) is 0 Å². The van der Waals surface area contributed by atoms with Gasteiger partial charge in [0.25, 0.3) is 0 Å². The molecule has 0 fully saturated rings. The zero-order valence-electron chi connectivity index (χ0n) is 15.6. The smallest absolute Gasteiger partial charge is 0.197 e. The van der Waals surface area contributed by atoms with Gasteiger partial charge in [-0.1, -0.05) is 34.8 Å². The van der Waals surface area contributed by atoms with Crippen LogP contribution < -0.4 is 4.74 Å². The van der Waals surface area contributed by atoms with Gasteiger partial charge in [-0.3, -0.25) is 0 Å². The maximum Gasteiger partial charge on any atom is 0.197 e. The Hall–Kier alpha value is -2.18. The van der Waals surface area contributed by atoms with Crippen LogP contribution in [0.4, 0.5) is 0 Å². The lowest BCUT2D eigenvalue weighted by molar-refractivity contribution is -0.0892. The summed E-state index contributed by atoms with van der Waals surface area (Å²) in [7, 11) is 0. The molecular weight excluding hydrogens is 435 g/mol. The quantitative estimate of drug-likeness (QED) is 0.218. The lowest BCUT2D eigenvalue weighted by Gasteiger charge is -2.19. The summed E-state index contributed by atoms with van der Waals surface area (Å²) in [4.78, 5) is 4.03. The van der Waals surface area contributed by atoms with Gasteiger partial charge in [0, 0.05) is 28.0 Å². The third kappa shape index (κ3) is 6.68. The van der Waals surface area contributed by atoms with E-state index in [-0.39, 0.29) is 0 Å². The van der Waals surface area contributed by atoms with E-state index in [0.29, 0.717) is 39.6 Å². The van der Waals surface area contributed by atoms with Gasteiger partial charge in [-0.05, 0) is 49.4 Å². The second-order valence-corrected chi connectivity index (χ2v) is 7.27. The number of halogens is 3. The molecule has 3 rings (SSSR count). The van der Waals surface area contributed by atoms with E-state index in [1.807, 2.05) is 0 Å². The van der Waals surface area contributed by atoms with Gasteiger partial charge in [0.1, 0.15) is 18.1 Å². The Morgan fingerprint density at radius 1 is 1.07 bits per heavy atom. The fraction of sp³-hybridized carbons (Fsp3) is 0.190. The molecule has 2 aromatic carbocycles. The second kappa shape index (κ2) is 10.6. The number of nitrogens with zero attached hydrogens (tertiary/aromatic N) is 2. The van der Waals surface area contributed by atoms with Crippen molar-refractivity contribution in [3.63, 3.8) is 0 Å². The van der Waals surface area contributed by atoms with Crippen LogP contribution in [-0.4, -0.2) is 29.1 Å². The number of ether oxygens (including phenoxy) is 3. The molecule has 3 aromatic rings. The van der Waals surface area contributed by atoms with Crippen molar-refractivity contribution in [1.82, 2.24) is 9.55 Å². The summed E-state index contributed by atoms with van der Waals surface area (Å²) in [6.07, 6.45) is 6.35. The Balaban J connectivity index is 1.60. The van der Waals surface area contributed by atoms with Crippen molar-refractivity contribution < 1.29 is 14.2 Å². The molecule has 0 aliphatic rings. The van der Waals surface area contributed by atoms with Gasteiger partial charge in [-0.25, -0.2) is 4.98 Å². The van der Waals surface area contributed by atoms with Crippen molar-refractivity contribution in [3.8, 4) is 5.75 Å². The number of hydrogen-bond donors (Lipinski definition) is 0. The van der Waals surface area contributed by atoms with Crippen molar-refractivity contribution in [1.29, 1.82) is 0 Å². The molecule has 8 heteroatoms. The molecule has 0 radical (unpaired) electrons. The molecule has 0 aliphatic heterocycles. The molecule has 152 valence electrons. The van der Waals surface area contributed by atoms with Crippen LogP contribution in [0.3, 0.4) is 0 Å². The second-order valence-electron chi connectivity index (χ2n) is 5.99. The Bertz CT molecular complexity index is 944. The monoisotopic (exact) mass is 452 g/mol. The largest absolute Gasteiger partial charge is 0.491 e. The fourth-order valence-corrected chi connectivity index (χ4v) is 3.08. The predicted octanol–water partition coefficient (Wildman–Crippen LogP) is 6.26. The normalized spacial score (nSPS) is 12.6. The molecule has 1 unspecified atom stereocenters. The lowest BCUT2D eigenvalue weighted by Crippen LogP contribution is -2.17. The van der Waals surface area contributed by atoms with Crippen molar-refractivity contribution in [2.45, 2.75) is 13.2 Å². The minimum atomic E-state index is -0.537. The zero-order chi connectivity index (χ0) is 20.6. The van der Waals surface area contributed by atoms with Crippen molar-refractivity contribution in [2.24, 2.45) is 0 Å². The number of hydrogen-bond acceptors (Lipinski definition) is 4. The summed E-state index contributed by atoms with van der Waals surface area (Å²) in [6.45, 7) is 2.52. The van der Waals surface area contributed by atoms with E-state index in [1.54, 1.807) is 78.9 Å². The summed E-state index contributed by atoms with van der Waals surface area (Å²) in [5.74, 6) is 1.25. The highest BCUT2D eigenvalue weighted by Crippen LogP contribution is 2.29. The van der Waals surface area contributed by atoms with E-state index < -0.39 is 6.29 Å². The maximum absolute atomic E-state index is 6.35. The third-order valence-electron chi connectivity index (χ3n) is 3.80. The van der Waals surface area contributed by atoms with Crippen molar-refractivity contribution in [3.05, 3.63) is 81.8 Å². The molecule has 1 heterocycles. The highest BCUT2D eigenvalue weighted by Gasteiger charge is 2.13. The number of rotatable bonds is 9. The maximum atomic E-state index is 6.35. The van der Waals surface area contributed by atoms with Crippen LogP contribution in [0.25, 0.3) is 12.0 Å². The van der Waals surface area contributed by atoms with E-state index in [2.05, 4.69) is 4.98 Å². The van der Waals surface area contributed by atoms with Crippen LogP contribution >= 0.6 is 34.8 Å². The first kappa shape index (κ1) is 21.5.